The van der Waals surface area contributed by atoms with Gasteiger partial charge in [0.25, 0.3) is 0 Å². The van der Waals surface area contributed by atoms with E-state index in [0.29, 0.717) is 0 Å². The van der Waals surface area contributed by atoms with Crippen LogP contribution in [0.3, 0.4) is 0 Å². The van der Waals surface area contributed by atoms with Crippen LogP contribution in [0.2, 0.25) is 0 Å². The summed E-state index contributed by atoms with van der Waals surface area (Å²) in [6, 6.07) is 14.0. The number of hydrogen-bond acceptors (Lipinski definition) is 3. The van der Waals surface area contributed by atoms with E-state index >= 15 is 0 Å². The second-order valence-electron chi connectivity index (χ2n) is 5.05. The number of halogens is 1. The molecule has 0 saturated heterocycles. The molecule has 0 amide bonds. The molecule has 0 spiro atoms. The molecule has 0 unspecified atom stereocenters. The number of hydrogen-bond donors (Lipinski definition) is 1. The van der Waals surface area contributed by atoms with Gasteiger partial charge in [0, 0.05) is 29.3 Å². The first-order chi connectivity index (χ1) is 10.0. The lowest BCUT2D eigenvalue weighted by Crippen LogP contribution is -2.17. The van der Waals surface area contributed by atoms with Crippen LogP contribution in [0.1, 0.15) is 24.2 Å². The van der Waals surface area contributed by atoms with E-state index in [1.807, 2.05) is 43.4 Å². The Hall–Kier alpha value is -1.52. The quantitative estimate of drug-likeness (QED) is 0.880. The van der Waals surface area contributed by atoms with Crippen LogP contribution in [-0.2, 0) is 6.54 Å². The third-order valence-corrected chi connectivity index (χ3v) is 4.16. The number of anilines is 1. The van der Waals surface area contributed by atoms with Crippen molar-refractivity contribution < 1.29 is 9.84 Å². The van der Waals surface area contributed by atoms with Gasteiger partial charge in [0.2, 0.25) is 0 Å². The number of para-hydroxylation sites is 1. The van der Waals surface area contributed by atoms with Crippen LogP contribution in [0.15, 0.2) is 46.9 Å². The van der Waals surface area contributed by atoms with Gasteiger partial charge >= 0.3 is 0 Å². The van der Waals surface area contributed by atoms with Crippen LogP contribution in [-0.4, -0.2) is 19.3 Å². The van der Waals surface area contributed by atoms with Crippen molar-refractivity contribution in [3.8, 4) is 5.75 Å². The Labute approximate surface area is 134 Å². The standard InChI is InChI=1S/C17H20BrNO2/c1-12(20)15-9-8-14(10-16(15)18)19(2)11-13-6-4-5-7-17(13)21-3/h4-10,12,20H,11H2,1-3H3/t12-/m0/s1. The van der Waals surface area contributed by atoms with Gasteiger partial charge in [0.05, 0.1) is 13.2 Å². The Bertz CT molecular complexity index is 613. The maximum absolute atomic E-state index is 9.68. The fourth-order valence-corrected chi connectivity index (χ4v) is 2.97. The average Bonchev–Trinajstić information content (AvgIpc) is 2.47. The Morgan fingerprint density at radius 2 is 1.95 bits per heavy atom. The zero-order chi connectivity index (χ0) is 15.4. The van der Waals surface area contributed by atoms with Crippen molar-refractivity contribution in [1.82, 2.24) is 0 Å². The molecule has 0 aliphatic heterocycles. The smallest absolute Gasteiger partial charge is 0.123 e. The van der Waals surface area contributed by atoms with E-state index in [2.05, 4.69) is 26.9 Å². The molecule has 0 aliphatic carbocycles. The molecule has 0 bridgehead atoms. The Morgan fingerprint density at radius 3 is 2.57 bits per heavy atom. The fourth-order valence-electron chi connectivity index (χ4n) is 2.27. The summed E-state index contributed by atoms with van der Waals surface area (Å²) >= 11 is 3.52. The van der Waals surface area contributed by atoms with Crippen molar-refractivity contribution in [1.29, 1.82) is 0 Å². The number of aliphatic hydroxyl groups is 1. The van der Waals surface area contributed by atoms with Crippen molar-refractivity contribution in [2.75, 3.05) is 19.1 Å². The van der Waals surface area contributed by atoms with Crippen LogP contribution < -0.4 is 9.64 Å². The zero-order valence-corrected chi connectivity index (χ0v) is 14.1. The number of benzene rings is 2. The summed E-state index contributed by atoms with van der Waals surface area (Å²) in [5.41, 5.74) is 3.11. The van der Waals surface area contributed by atoms with Gasteiger partial charge in [-0.2, -0.15) is 0 Å². The van der Waals surface area contributed by atoms with Gasteiger partial charge in [-0.15, -0.1) is 0 Å². The minimum atomic E-state index is -0.479. The summed E-state index contributed by atoms with van der Waals surface area (Å²) in [7, 11) is 3.73. The minimum absolute atomic E-state index is 0.479. The molecular formula is C17H20BrNO2. The molecule has 2 aromatic carbocycles. The molecular weight excluding hydrogens is 330 g/mol. The van der Waals surface area contributed by atoms with Crippen molar-refractivity contribution in [3.05, 3.63) is 58.1 Å². The first kappa shape index (κ1) is 15.9. The highest BCUT2D eigenvalue weighted by Gasteiger charge is 2.10. The van der Waals surface area contributed by atoms with Crippen molar-refractivity contribution in [2.24, 2.45) is 0 Å². The number of rotatable bonds is 5. The molecule has 0 radical (unpaired) electrons. The van der Waals surface area contributed by atoms with Gasteiger partial charge in [0.1, 0.15) is 5.75 Å². The van der Waals surface area contributed by atoms with Gasteiger partial charge in [-0.05, 0) is 30.7 Å². The summed E-state index contributed by atoms with van der Waals surface area (Å²) in [6.07, 6.45) is -0.479. The third kappa shape index (κ3) is 3.77. The molecule has 21 heavy (non-hydrogen) atoms. The van der Waals surface area contributed by atoms with Gasteiger partial charge in [0.15, 0.2) is 0 Å². The minimum Gasteiger partial charge on any atom is -0.496 e. The number of aliphatic hydroxyl groups excluding tert-OH is 1. The lowest BCUT2D eigenvalue weighted by Gasteiger charge is -2.22. The first-order valence-electron chi connectivity index (χ1n) is 6.83. The van der Waals surface area contributed by atoms with Crippen LogP contribution in [0.4, 0.5) is 5.69 Å². The number of methoxy groups -OCH3 is 1. The lowest BCUT2D eigenvalue weighted by molar-refractivity contribution is 0.198. The normalized spacial score (nSPS) is 12.0. The average molecular weight is 350 g/mol. The Morgan fingerprint density at radius 1 is 1.24 bits per heavy atom. The molecule has 2 rings (SSSR count). The van der Waals surface area contributed by atoms with Gasteiger partial charge in [-0.25, -0.2) is 0 Å². The lowest BCUT2D eigenvalue weighted by atomic mass is 10.1. The highest BCUT2D eigenvalue weighted by Crippen LogP contribution is 2.29. The maximum atomic E-state index is 9.68. The predicted molar refractivity (Wildman–Crippen MR) is 89.9 cm³/mol. The highest BCUT2D eigenvalue weighted by molar-refractivity contribution is 9.10. The molecule has 1 N–H and O–H groups in total. The first-order valence-corrected chi connectivity index (χ1v) is 7.62. The van der Waals surface area contributed by atoms with Crippen LogP contribution in [0.25, 0.3) is 0 Å². The van der Waals surface area contributed by atoms with Crippen molar-refractivity contribution in [2.45, 2.75) is 19.6 Å². The van der Waals surface area contributed by atoms with E-state index < -0.39 is 6.10 Å². The summed E-state index contributed by atoms with van der Waals surface area (Å²) in [6.45, 7) is 2.52. The largest absolute Gasteiger partial charge is 0.496 e. The van der Waals surface area contributed by atoms with Gasteiger partial charge < -0.3 is 14.7 Å². The molecule has 4 heteroatoms. The zero-order valence-electron chi connectivity index (χ0n) is 12.5. The summed E-state index contributed by atoms with van der Waals surface area (Å²) < 4.78 is 6.31. The molecule has 112 valence electrons. The molecule has 0 aliphatic rings. The molecule has 2 aromatic rings. The van der Waals surface area contributed by atoms with Crippen LogP contribution in [0, 0.1) is 0 Å². The SMILES string of the molecule is COc1ccccc1CN(C)c1ccc([C@H](C)O)c(Br)c1. The molecule has 3 nitrogen and oxygen atoms in total. The number of nitrogens with zero attached hydrogens (tertiary/aromatic N) is 1. The summed E-state index contributed by atoms with van der Waals surface area (Å²) in [5.74, 6) is 0.893. The van der Waals surface area contributed by atoms with E-state index in [0.717, 1.165) is 33.6 Å². The van der Waals surface area contributed by atoms with E-state index in [1.165, 1.54) is 0 Å². The highest BCUT2D eigenvalue weighted by atomic mass is 79.9. The Balaban J connectivity index is 2.20. The fraction of sp³-hybridized carbons (Fsp3) is 0.294. The molecule has 0 fully saturated rings. The second kappa shape index (κ2) is 6.96. The van der Waals surface area contributed by atoms with Crippen molar-refractivity contribution in [3.63, 3.8) is 0 Å². The van der Waals surface area contributed by atoms with Gasteiger partial charge in [-0.3, -0.25) is 0 Å². The summed E-state index contributed by atoms with van der Waals surface area (Å²) in [4.78, 5) is 2.15. The maximum Gasteiger partial charge on any atom is 0.123 e. The topological polar surface area (TPSA) is 32.7 Å². The summed E-state index contributed by atoms with van der Waals surface area (Å²) in [5, 5.41) is 9.68. The van der Waals surface area contributed by atoms with Gasteiger partial charge in [-0.1, -0.05) is 40.2 Å². The molecule has 1 atom stereocenters. The van der Waals surface area contributed by atoms with Crippen LogP contribution >= 0.6 is 15.9 Å². The molecule has 0 heterocycles. The second-order valence-corrected chi connectivity index (χ2v) is 5.90. The third-order valence-electron chi connectivity index (χ3n) is 3.47. The van der Waals surface area contributed by atoms with E-state index in [1.54, 1.807) is 14.0 Å². The predicted octanol–water partition coefficient (Wildman–Crippen LogP) is 4.15. The monoisotopic (exact) mass is 349 g/mol. The Kier molecular flexibility index (Phi) is 5.26. The molecule has 0 aromatic heterocycles. The van der Waals surface area contributed by atoms with Crippen LogP contribution in [0.5, 0.6) is 5.75 Å². The van der Waals surface area contributed by atoms with E-state index in [-0.39, 0.29) is 0 Å². The van der Waals surface area contributed by atoms with E-state index in [9.17, 15) is 5.11 Å². The van der Waals surface area contributed by atoms with E-state index in [4.69, 9.17) is 4.74 Å². The number of ether oxygens (including phenoxy) is 1. The molecule has 0 saturated carbocycles. The van der Waals surface area contributed by atoms with Crippen molar-refractivity contribution >= 4 is 21.6 Å².